The number of nitrogens with zero attached hydrogens (tertiary/aromatic N) is 1. The molecule has 0 unspecified atom stereocenters. The molecule has 0 aromatic heterocycles. The minimum absolute atomic E-state index is 0.0985. The molecule has 2 aromatic carbocycles. The maximum atomic E-state index is 11.9. The summed E-state index contributed by atoms with van der Waals surface area (Å²) in [4.78, 5) is 13.5. The fourth-order valence-corrected chi connectivity index (χ4v) is 2.03. The highest BCUT2D eigenvalue weighted by Crippen LogP contribution is 2.25. The number of hydrogen-bond donors (Lipinski definition) is 0. The molecular weight excluding hydrogens is 258 g/mol. The van der Waals surface area contributed by atoms with E-state index in [1.54, 1.807) is 19.0 Å². The zero-order valence-corrected chi connectivity index (χ0v) is 11.8. The van der Waals surface area contributed by atoms with E-state index in [1.165, 1.54) is 0 Å². The summed E-state index contributed by atoms with van der Waals surface area (Å²) in [5.41, 5.74) is 3.18. The van der Waals surface area contributed by atoms with E-state index < -0.39 is 0 Å². The van der Waals surface area contributed by atoms with E-state index in [0.29, 0.717) is 11.4 Å². The normalized spacial score (nSPS) is 10.3. The lowest BCUT2D eigenvalue weighted by molar-refractivity contribution is -0.127. The van der Waals surface area contributed by atoms with Crippen molar-refractivity contribution in [3.8, 4) is 11.1 Å². The highest BCUT2D eigenvalue weighted by Gasteiger charge is 2.10. The maximum absolute atomic E-state index is 11.9. The Balaban J connectivity index is 2.36. The van der Waals surface area contributed by atoms with Crippen LogP contribution in [0.5, 0.6) is 0 Å². The Kier molecular flexibility index (Phi) is 4.23. The number of amides is 1. The van der Waals surface area contributed by atoms with E-state index in [4.69, 9.17) is 11.6 Å². The molecule has 0 spiro atoms. The van der Waals surface area contributed by atoms with Gasteiger partial charge in [-0.2, -0.15) is 0 Å². The Morgan fingerprint density at radius 1 is 1.05 bits per heavy atom. The van der Waals surface area contributed by atoms with Crippen LogP contribution in [0.15, 0.2) is 48.5 Å². The van der Waals surface area contributed by atoms with E-state index in [-0.39, 0.29) is 5.91 Å². The predicted molar refractivity (Wildman–Crippen MR) is 79.3 cm³/mol. The lowest BCUT2D eigenvalue weighted by Crippen LogP contribution is -2.23. The largest absolute Gasteiger partial charge is 0.349 e. The third kappa shape index (κ3) is 3.36. The number of carbonyl (C=O) groups excluding carboxylic acids is 1. The lowest BCUT2D eigenvalue weighted by Gasteiger charge is -2.13. The highest BCUT2D eigenvalue weighted by molar-refractivity contribution is 6.30. The number of likely N-dealkylation sites (N-methyl/N-ethyl adjacent to an activating group) is 1. The molecule has 19 heavy (non-hydrogen) atoms. The lowest BCUT2D eigenvalue weighted by atomic mass is 9.97. The van der Waals surface area contributed by atoms with Crippen molar-refractivity contribution >= 4 is 17.5 Å². The minimum Gasteiger partial charge on any atom is -0.349 e. The topological polar surface area (TPSA) is 20.3 Å². The van der Waals surface area contributed by atoms with Crippen LogP contribution < -0.4 is 0 Å². The summed E-state index contributed by atoms with van der Waals surface area (Å²) in [7, 11) is 3.54. The van der Waals surface area contributed by atoms with Gasteiger partial charge in [0.15, 0.2) is 0 Å². The molecule has 2 rings (SSSR count). The molecule has 0 bridgehead atoms. The molecule has 0 saturated carbocycles. The third-order valence-electron chi connectivity index (χ3n) is 3.01. The molecule has 0 fully saturated rings. The van der Waals surface area contributed by atoms with Crippen molar-refractivity contribution < 1.29 is 4.79 Å². The first-order chi connectivity index (χ1) is 9.08. The molecule has 2 nitrogen and oxygen atoms in total. The van der Waals surface area contributed by atoms with Gasteiger partial charge in [-0.25, -0.2) is 0 Å². The first kappa shape index (κ1) is 13.6. The number of rotatable bonds is 3. The molecule has 0 atom stereocenters. The van der Waals surface area contributed by atoms with Gasteiger partial charge in [0, 0.05) is 19.1 Å². The van der Waals surface area contributed by atoms with Crippen molar-refractivity contribution in [1.29, 1.82) is 0 Å². The Bertz CT molecular complexity index is 576. The van der Waals surface area contributed by atoms with Gasteiger partial charge in [0.25, 0.3) is 0 Å². The van der Waals surface area contributed by atoms with Crippen molar-refractivity contribution in [1.82, 2.24) is 4.90 Å². The smallest absolute Gasteiger partial charge is 0.226 e. The van der Waals surface area contributed by atoms with E-state index in [1.807, 2.05) is 48.5 Å². The van der Waals surface area contributed by atoms with E-state index in [9.17, 15) is 4.79 Å². The van der Waals surface area contributed by atoms with Gasteiger partial charge in [0.2, 0.25) is 5.91 Å². The Hall–Kier alpha value is -1.80. The van der Waals surface area contributed by atoms with Crippen molar-refractivity contribution in [3.63, 3.8) is 0 Å². The van der Waals surface area contributed by atoms with Crippen LogP contribution >= 0.6 is 11.6 Å². The first-order valence-corrected chi connectivity index (χ1v) is 6.49. The average molecular weight is 274 g/mol. The fourth-order valence-electron chi connectivity index (χ4n) is 1.91. The number of benzene rings is 2. The van der Waals surface area contributed by atoms with Gasteiger partial charge in [0.05, 0.1) is 6.42 Å². The van der Waals surface area contributed by atoms with Crippen LogP contribution in [0.1, 0.15) is 5.56 Å². The second-order valence-electron chi connectivity index (χ2n) is 4.63. The Morgan fingerprint density at radius 2 is 1.68 bits per heavy atom. The third-order valence-corrected chi connectivity index (χ3v) is 3.27. The summed E-state index contributed by atoms with van der Waals surface area (Å²) in [5.74, 6) is 0.0985. The number of halogens is 1. The molecule has 1 amide bonds. The summed E-state index contributed by atoms with van der Waals surface area (Å²) < 4.78 is 0. The summed E-state index contributed by atoms with van der Waals surface area (Å²) >= 11 is 5.90. The van der Waals surface area contributed by atoms with Gasteiger partial charge in [0.1, 0.15) is 0 Å². The molecule has 98 valence electrons. The van der Waals surface area contributed by atoms with E-state index >= 15 is 0 Å². The average Bonchev–Trinajstić information content (AvgIpc) is 2.40. The van der Waals surface area contributed by atoms with Gasteiger partial charge >= 0.3 is 0 Å². The summed E-state index contributed by atoms with van der Waals surface area (Å²) in [6.45, 7) is 0. The maximum Gasteiger partial charge on any atom is 0.226 e. The highest BCUT2D eigenvalue weighted by atomic mass is 35.5. The van der Waals surface area contributed by atoms with Gasteiger partial charge in [-0.15, -0.1) is 0 Å². The molecule has 0 aliphatic carbocycles. The molecule has 0 saturated heterocycles. The van der Waals surface area contributed by atoms with Crippen LogP contribution in [0.4, 0.5) is 0 Å². The minimum atomic E-state index is 0.0985. The van der Waals surface area contributed by atoms with Gasteiger partial charge < -0.3 is 4.90 Å². The quantitative estimate of drug-likeness (QED) is 0.836. The standard InChI is InChI=1S/C16H16ClNO/c1-18(2)16(19)11-13-5-3-4-6-15(13)12-7-9-14(17)10-8-12/h3-10H,11H2,1-2H3. The molecule has 0 N–H and O–H groups in total. The molecule has 0 radical (unpaired) electrons. The van der Waals surface area contributed by atoms with E-state index in [2.05, 4.69) is 0 Å². The zero-order valence-electron chi connectivity index (χ0n) is 11.1. The molecule has 3 heteroatoms. The van der Waals surface area contributed by atoms with Crippen LogP contribution in [0.2, 0.25) is 5.02 Å². The molecule has 2 aromatic rings. The van der Waals surface area contributed by atoms with Gasteiger partial charge in [-0.1, -0.05) is 48.0 Å². The Morgan fingerprint density at radius 3 is 2.32 bits per heavy atom. The monoisotopic (exact) mass is 273 g/mol. The Labute approximate surface area is 118 Å². The van der Waals surface area contributed by atoms with Crippen LogP contribution in [-0.2, 0) is 11.2 Å². The zero-order chi connectivity index (χ0) is 13.8. The molecule has 0 heterocycles. The van der Waals surface area contributed by atoms with Crippen LogP contribution in [0, 0.1) is 0 Å². The first-order valence-electron chi connectivity index (χ1n) is 6.12. The summed E-state index contributed by atoms with van der Waals surface area (Å²) in [5, 5.41) is 0.714. The predicted octanol–water partition coefficient (Wildman–Crippen LogP) is 3.64. The van der Waals surface area contributed by atoms with Crippen LogP contribution in [-0.4, -0.2) is 24.9 Å². The molecular formula is C16H16ClNO. The van der Waals surface area contributed by atoms with Crippen molar-refractivity contribution in [2.24, 2.45) is 0 Å². The van der Waals surface area contributed by atoms with Crippen LogP contribution in [0.25, 0.3) is 11.1 Å². The second kappa shape index (κ2) is 5.89. The SMILES string of the molecule is CN(C)C(=O)Cc1ccccc1-c1ccc(Cl)cc1. The number of carbonyl (C=O) groups is 1. The van der Waals surface area contributed by atoms with Gasteiger partial charge in [-0.05, 0) is 28.8 Å². The number of hydrogen-bond acceptors (Lipinski definition) is 1. The molecule has 0 aliphatic rings. The van der Waals surface area contributed by atoms with E-state index in [0.717, 1.165) is 16.7 Å². The van der Waals surface area contributed by atoms with Crippen molar-refractivity contribution in [2.75, 3.05) is 14.1 Å². The summed E-state index contributed by atoms with van der Waals surface area (Å²) in [6, 6.07) is 15.6. The van der Waals surface area contributed by atoms with Gasteiger partial charge in [-0.3, -0.25) is 4.79 Å². The molecule has 0 aliphatic heterocycles. The van der Waals surface area contributed by atoms with Crippen LogP contribution in [0.3, 0.4) is 0 Å². The fraction of sp³-hybridized carbons (Fsp3) is 0.188. The second-order valence-corrected chi connectivity index (χ2v) is 5.07. The van der Waals surface area contributed by atoms with Crippen molar-refractivity contribution in [3.05, 3.63) is 59.1 Å². The summed E-state index contributed by atoms with van der Waals surface area (Å²) in [6.07, 6.45) is 0.409. The van der Waals surface area contributed by atoms with Crippen molar-refractivity contribution in [2.45, 2.75) is 6.42 Å².